The molecule has 0 saturated carbocycles. The number of rotatable bonds is 4. The highest BCUT2D eigenvalue weighted by Crippen LogP contribution is 2.09. The monoisotopic (exact) mass is 126 g/mol. The smallest absolute Gasteiger partial charge is 0.0577 e. The zero-order valence-corrected chi connectivity index (χ0v) is 5.88. The second kappa shape index (κ2) is 4.33. The lowest BCUT2D eigenvalue weighted by molar-refractivity contribution is 0.150. The highest BCUT2D eigenvalue weighted by atomic mass is 16.3. The first-order chi connectivity index (χ1) is 4.22. The Kier molecular flexibility index (Phi) is 4.06. The lowest BCUT2D eigenvalue weighted by atomic mass is 10.0. The van der Waals surface area contributed by atoms with E-state index in [4.69, 9.17) is 5.11 Å². The number of hydrogen-bond acceptors (Lipinski definition) is 1. The summed E-state index contributed by atoms with van der Waals surface area (Å²) in [7, 11) is 0. The summed E-state index contributed by atoms with van der Waals surface area (Å²) in [6, 6.07) is 0. The maximum absolute atomic E-state index is 9.02. The fourth-order valence-corrected chi connectivity index (χ4v) is 0.683. The van der Waals surface area contributed by atoms with E-state index < -0.39 is 0 Å². The molecule has 2 unspecified atom stereocenters. The molecular formula is C8H14O. The van der Waals surface area contributed by atoms with E-state index >= 15 is 0 Å². The number of hydrogen-bond donors (Lipinski definition) is 1. The zero-order valence-electron chi connectivity index (χ0n) is 5.88. The molecule has 1 N–H and O–H groups in total. The molecule has 0 heterocycles. The standard InChI is InChI=1S/C8H14O/c1-4-6-8(5-2)7(3)9/h4-5,7-9H,1-2,6H2,3H3. The van der Waals surface area contributed by atoms with Crippen molar-refractivity contribution in [1.82, 2.24) is 0 Å². The van der Waals surface area contributed by atoms with Crippen LogP contribution in [-0.4, -0.2) is 11.2 Å². The zero-order chi connectivity index (χ0) is 7.28. The minimum atomic E-state index is -0.305. The van der Waals surface area contributed by atoms with Crippen molar-refractivity contribution in [3.8, 4) is 0 Å². The first-order valence-corrected chi connectivity index (χ1v) is 3.14. The van der Waals surface area contributed by atoms with Crippen LogP contribution in [0.4, 0.5) is 0 Å². The van der Waals surface area contributed by atoms with Gasteiger partial charge >= 0.3 is 0 Å². The Balaban J connectivity index is 3.66. The van der Waals surface area contributed by atoms with E-state index in [0.717, 1.165) is 6.42 Å². The van der Waals surface area contributed by atoms with Gasteiger partial charge in [0.15, 0.2) is 0 Å². The van der Waals surface area contributed by atoms with E-state index in [0.29, 0.717) is 0 Å². The molecule has 1 nitrogen and oxygen atoms in total. The van der Waals surface area contributed by atoms with E-state index in [1.165, 1.54) is 0 Å². The van der Waals surface area contributed by atoms with Gasteiger partial charge in [0.05, 0.1) is 6.10 Å². The summed E-state index contributed by atoms with van der Waals surface area (Å²) in [5, 5.41) is 9.02. The van der Waals surface area contributed by atoms with Gasteiger partial charge < -0.3 is 5.11 Å². The molecule has 0 radical (unpaired) electrons. The van der Waals surface area contributed by atoms with E-state index in [1.807, 2.05) is 0 Å². The number of aliphatic hydroxyl groups is 1. The summed E-state index contributed by atoms with van der Waals surface area (Å²) in [4.78, 5) is 0. The maximum atomic E-state index is 9.02. The molecule has 0 aromatic heterocycles. The van der Waals surface area contributed by atoms with Crippen molar-refractivity contribution in [2.45, 2.75) is 19.4 Å². The van der Waals surface area contributed by atoms with Gasteiger partial charge in [-0.3, -0.25) is 0 Å². The summed E-state index contributed by atoms with van der Waals surface area (Å²) >= 11 is 0. The predicted molar refractivity (Wildman–Crippen MR) is 40.2 cm³/mol. The summed E-state index contributed by atoms with van der Waals surface area (Å²) in [5.74, 6) is 0.169. The van der Waals surface area contributed by atoms with E-state index in [1.54, 1.807) is 19.1 Å². The Morgan fingerprint density at radius 1 is 1.56 bits per heavy atom. The van der Waals surface area contributed by atoms with Gasteiger partial charge in [-0.15, -0.1) is 13.2 Å². The Bertz CT molecular complexity index is 94.7. The second-order valence-electron chi connectivity index (χ2n) is 2.16. The molecule has 0 aromatic rings. The fourth-order valence-electron chi connectivity index (χ4n) is 0.683. The van der Waals surface area contributed by atoms with Gasteiger partial charge in [0.2, 0.25) is 0 Å². The molecule has 0 rings (SSSR count). The molecule has 52 valence electrons. The molecule has 0 saturated heterocycles. The Morgan fingerprint density at radius 3 is 2.22 bits per heavy atom. The van der Waals surface area contributed by atoms with Crippen molar-refractivity contribution in [1.29, 1.82) is 0 Å². The summed E-state index contributed by atoms with van der Waals surface area (Å²) in [5.41, 5.74) is 0. The van der Waals surface area contributed by atoms with Crippen molar-refractivity contribution < 1.29 is 5.11 Å². The average molecular weight is 126 g/mol. The molecular weight excluding hydrogens is 112 g/mol. The molecule has 0 aliphatic rings. The van der Waals surface area contributed by atoms with Gasteiger partial charge in [-0.05, 0) is 13.3 Å². The summed E-state index contributed by atoms with van der Waals surface area (Å²) in [6.45, 7) is 8.92. The molecule has 0 aliphatic carbocycles. The molecule has 0 fully saturated rings. The number of allylic oxidation sites excluding steroid dienone is 1. The van der Waals surface area contributed by atoms with E-state index in [2.05, 4.69) is 13.2 Å². The number of aliphatic hydroxyl groups excluding tert-OH is 1. The maximum Gasteiger partial charge on any atom is 0.0577 e. The first-order valence-electron chi connectivity index (χ1n) is 3.14. The summed E-state index contributed by atoms with van der Waals surface area (Å²) < 4.78 is 0. The Hall–Kier alpha value is -0.560. The van der Waals surface area contributed by atoms with Crippen LogP contribution >= 0.6 is 0 Å². The van der Waals surface area contributed by atoms with Gasteiger partial charge in [0.1, 0.15) is 0 Å². The van der Waals surface area contributed by atoms with Crippen LogP contribution in [0.15, 0.2) is 25.3 Å². The van der Waals surface area contributed by atoms with Gasteiger partial charge in [-0.2, -0.15) is 0 Å². The summed E-state index contributed by atoms with van der Waals surface area (Å²) in [6.07, 6.45) is 4.05. The first kappa shape index (κ1) is 8.44. The lowest BCUT2D eigenvalue weighted by Crippen LogP contribution is -2.12. The average Bonchev–Trinajstić information content (AvgIpc) is 1.82. The molecule has 0 aliphatic heterocycles. The van der Waals surface area contributed by atoms with Gasteiger partial charge in [0.25, 0.3) is 0 Å². The molecule has 0 amide bonds. The molecule has 9 heavy (non-hydrogen) atoms. The van der Waals surface area contributed by atoms with Crippen molar-refractivity contribution in [3.63, 3.8) is 0 Å². The molecule has 0 spiro atoms. The minimum absolute atomic E-state index is 0.169. The molecule has 0 aromatic carbocycles. The fraction of sp³-hybridized carbons (Fsp3) is 0.500. The molecule has 2 atom stereocenters. The topological polar surface area (TPSA) is 20.2 Å². The third-order valence-electron chi connectivity index (χ3n) is 1.36. The van der Waals surface area contributed by atoms with E-state index in [-0.39, 0.29) is 12.0 Å². The van der Waals surface area contributed by atoms with Gasteiger partial charge in [-0.1, -0.05) is 12.2 Å². The third-order valence-corrected chi connectivity index (χ3v) is 1.36. The van der Waals surface area contributed by atoms with Crippen LogP contribution in [0.2, 0.25) is 0 Å². The van der Waals surface area contributed by atoms with Crippen molar-refractivity contribution >= 4 is 0 Å². The molecule has 0 bridgehead atoms. The largest absolute Gasteiger partial charge is 0.393 e. The highest BCUT2D eigenvalue weighted by Gasteiger charge is 2.06. The van der Waals surface area contributed by atoms with Crippen LogP contribution in [0.1, 0.15) is 13.3 Å². The Labute approximate surface area is 56.7 Å². The van der Waals surface area contributed by atoms with E-state index in [9.17, 15) is 0 Å². The van der Waals surface area contributed by atoms with Crippen LogP contribution in [0.3, 0.4) is 0 Å². The molecule has 1 heteroatoms. The van der Waals surface area contributed by atoms with Gasteiger partial charge in [0, 0.05) is 5.92 Å². The van der Waals surface area contributed by atoms with Gasteiger partial charge in [-0.25, -0.2) is 0 Å². The SMILES string of the molecule is C=CCC(C=C)C(C)O. The normalized spacial score (nSPS) is 16.2. The second-order valence-corrected chi connectivity index (χ2v) is 2.16. The van der Waals surface area contributed by atoms with Crippen LogP contribution in [0, 0.1) is 5.92 Å². The predicted octanol–water partition coefficient (Wildman–Crippen LogP) is 1.75. The van der Waals surface area contributed by atoms with Crippen LogP contribution in [0.5, 0.6) is 0 Å². The minimum Gasteiger partial charge on any atom is -0.393 e. The highest BCUT2D eigenvalue weighted by molar-refractivity contribution is 4.87. The lowest BCUT2D eigenvalue weighted by Gasteiger charge is -2.11. The van der Waals surface area contributed by atoms with Crippen molar-refractivity contribution in [2.75, 3.05) is 0 Å². The van der Waals surface area contributed by atoms with Crippen LogP contribution in [0.25, 0.3) is 0 Å². The van der Waals surface area contributed by atoms with Crippen LogP contribution < -0.4 is 0 Å². The third kappa shape index (κ3) is 3.09. The quantitative estimate of drug-likeness (QED) is 0.569. The van der Waals surface area contributed by atoms with Crippen LogP contribution in [-0.2, 0) is 0 Å². The van der Waals surface area contributed by atoms with Crippen molar-refractivity contribution in [2.24, 2.45) is 5.92 Å². The van der Waals surface area contributed by atoms with Crippen molar-refractivity contribution in [3.05, 3.63) is 25.3 Å². The Morgan fingerprint density at radius 2 is 2.11 bits per heavy atom.